The molecule has 0 bridgehead atoms. The van der Waals surface area contributed by atoms with Crippen LogP contribution in [0.2, 0.25) is 0 Å². The van der Waals surface area contributed by atoms with Crippen molar-refractivity contribution in [2.24, 2.45) is 5.92 Å². The van der Waals surface area contributed by atoms with E-state index >= 15 is 0 Å². The summed E-state index contributed by atoms with van der Waals surface area (Å²) in [5, 5.41) is 8.78. The zero-order chi connectivity index (χ0) is 15.5. The van der Waals surface area contributed by atoms with Crippen molar-refractivity contribution in [3.05, 3.63) is 29.6 Å². The van der Waals surface area contributed by atoms with E-state index in [0.717, 1.165) is 6.54 Å². The Labute approximate surface area is 130 Å². The fourth-order valence-corrected chi connectivity index (χ4v) is 3.44. The summed E-state index contributed by atoms with van der Waals surface area (Å²) < 4.78 is 14.1. The molecule has 1 saturated heterocycles. The van der Waals surface area contributed by atoms with Gasteiger partial charge in [0.1, 0.15) is 5.82 Å². The Morgan fingerprint density at radius 3 is 2.68 bits per heavy atom. The molecule has 1 amide bonds. The molecule has 1 aromatic rings. The number of carbonyl (C=O) groups excluding carboxylic acids is 1. The second-order valence-electron chi connectivity index (χ2n) is 6.19. The molecule has 2 fully saturated rings. The number of piperazine rings is 1. The van der Waals surface area contributed by atoms with Crippen molar-refractivity contribution < 1.29 is 9.18 Å². The van der Waals surface area contributed by atoms with Gasteiger partial charge in [0.2, 0.25) is 5.91 Å². The van der Waals surface area contributed by atoms with Crippen LogP contribution in [-0.4, -0.2) is 37.0 Å². The molecule has 116 valence electrons. The van der Waals surface area contributed by atoms with E-state index in [1.165, 1.54) is 31.7 Å². The van der Waals surface area contributed by atoms with Gasteiger partial charge >= 0.3 is 0 Å². The van der Waals surface area contributed by atoms with Crippen LogP contribution in [0.25, 0.3) is 0 Å². The molecular formula is C17H20FN3O. The number of nitriles is 1. The van der Waals surface area contributed by atoms with E-state index < -0.39 is 5.82 Å². The highest BCUT2D eigenvalue weighted by atomic mass is 19.1. The average molecular weight is 301 g/mol. The largest absolute Gasteiger partial charge is 0.358 e. The fraction of sp³-hybridized carbons (Fsp3) is 0.529. The van der Waals surface area contributed by atoms with Crippen LogP contribution in [0.1, 0.15) is 31.2 Å². The van der Waals surface area contributed by atoms with Gasteiger partial charge in [0.25, 0.3) is 0 Å². The third kappa shape index (κ3) is 3.06. The van der Waals surface area contributed by atoms with Crippen molar-refractivity contribution in [1.82, 2.24) is 4.90 Å². The second-order valence-corrected chi connectivity index (χ2v) is 6.19. The van der Waals surface area contributed by atoms with Gasteiger partial charge < -0.3 is 9.80 Å². The molecule has 0 radical (unpaired) electrons. The number of anilines is 1. The number of amides is 1. The van der Waals surface area contributed by atoms with Gasteiger partial charge in [-0.05, 0) is 37.0 Å². The molecule has 4 nitrogen and oxygen atoms in total. The van der Waals surface area contributed by atoms with Gasteiger partial charge in [0, 0.05) is 19.6 Å². The first kappa shape index (κ1) is 14.8. The number of halogens is 1. The van der Waals surface area contributed by atoms with Gasteiger partial charge in [0.05, 0.1) is 23.9 Å². The molecule has 5 heteroatoms. The molecule has 22 heavy (non-hydrogen) atoms. The lowest BCUT2D eigenvalue weighted by molar-refractivity contribution is -0.131. The first-order chi connectivity index (χ1) is 10.7. The highest BCUT2D eigenvalue weighted by Gasteiger charge is 2.28. The van der Waals surface area contributed by atoms with Crippen molar-refractivity contribution in [3.8, 4) is 6.07 Å². The topological polar surface area (TPSA) is 47.3 Å². The normalized spacial score (nSPS) is 19.5. The minimum Gasteiger partial charge on any atom is -0.358 e. The van der Waals surface area contributed by atoms with Crippen LogP contribution in [0.5, 0.6) is 0 Å². The first-order valence-corrected chi connectivity index (χ1v) is 7.90. The van der Waals surface area contributed by atoms with E-state index in [-0.39, 0.29) is 12.5 Å². The summed E-state index contributed by atoms with van der Waals surface area (Å²) >= 11 is 0. The molecule has 1 aliphatic carbocycles. The van der Waals surface area contributed by atoms with Crippen molar-refractivity contribution >= 4 is 11.6 Å². The number of hydrogen-bond acceptors (Lipinski definition) is 3. The standard InChI is InChI=1S/C17H20FN3O/c18-15-9-14(10-19)5-6-16(15)20-7-8-21(17(22)12-20)11-13-3-1-2-4-13/h5-6,9,13H,1-4,7-8,11-12H2. The van der Waals surface area contributed by atoms with Crippen LogP contribution in [0.3, 0.4) is 0 Å². The summed E-state index contributed by atoms with van der Waals surface area (Å²) in [5.74, 6) is 0.278. The molecule has 3 rings (SSSR count). The summed E-state index contributed by atoms with van der Waals surface area (Å²) in [6, 6.07) is 6.33. The Morgan fingerprint density at radius 1 is 1.27 bits per heavy atom. The number of rotatable bonds is 3. The third-order valence-electron chi connectivity index (χ3n) is 4.69. The summed E-state index contributed by atoms with van der Waals surface area (Å²) in [7, 11) is 0. The van der Waals surface area contributed by atoms with Gasteiger partial charge in [-0.1, -0.05) is 12.8 Å². The first-order valence-electron chi connectivity index (χ1n) is 7.90. The minimum absolute atomic E-state index is 0.0712. The van der Waals surface area contributed by atoms with Crippen LogP contribution >= 0.6 is 0 Å². The number of carbonyl (C=O) groups is 1. The molecule has 0 spiro atoms. The van der Waals surface area contributed by atoms with Crippen LogP contribution in [0.15, 0.2) is 18.2 Å². The van der Waals surface area contributed by atoms with Gasteiger partial charge in [-0.25, -0.2) is 4.39 Å². The van der Waals surface area contributed by atoms with E-state index in [1.807, 2.05) is 11.0 Å². The maximum Gasteiger partial charge on any atom is 0.242 e. The highest BCUT2D eigenvalue weighted by Crippen LogP contribution is 2.27. The van der Waals surface area contributed by atoms with Crippen LogP contribution in [0, 0.1) is 23.1 Å². The Kier molecular flexibility index (Phi) is 4.28. The zero-order valence-corrected chi connectivity index (χ0v) is 12.6. The fourth-order valence-electron chi connectivity index (χ4n) is 3.44. The van der Waals surface area contributed by atoms with Crippen molar-refractivity contribution in [2.45, 2.75) is 25.7 Å². The van der Waals surface area contributed by atoms with E-state index in [9.17, 15) is 9.18 Å². The van der Waals surface area contributed by atoms with Crippen LogP contribution < -0.4 is 4.90 Å². The van der Waals surface area contributed by atoms with E-state index in [4.69, 9.17) is 5.26 Å². The Hall–Kier alpha value is -2.09. The Balaban J connectivity index is 1.64. The van der Waals surface area contributed by atoms with Crippen molar-refractivity contribution in [3.63, 3.8) is 0 Å². The van der Waals surface area contributed by atoms with E-state index in [0.29, 0.717) is 30.3 Å². The molecular weight excluding hydrogens is 281 g/mol. The van der Waals surface area contributed by atoms with E-state index in [1.54, 1.807) is 17.0 Å². The SMILES string of the molecule is N#Cc1ccc(N2CCN(CC3CCCC3)C(=O)C2)c(F)c1. The maximum atomic E-state index is 14.1. The lowest BCUT2D eigenvalue weighted by Crippen LogP contribution is -2.51. The van der Waals surface area contributed by atoms with Crippen LogP contribution in [-0.2, 0) is 4.79 Å². The predicted octanol–water partition coefficient (Wildman–Crippen LogP) is 2.54. The molecule has 0 atom stereocenters. The second kappa shape index (κ2) is 6.35. The zero-order valence-electron chi connectivity index (χ0n) is 12.6. The molecule has 1 aromatic carbocycles. The summed E-state index contributed by atoms with van der Waals surface area (Å²) in [6.45, 7) is 2.36. The summed E-state index contributed by atoms with van der Waals surface area (Å²) in [5.41, 5.74) is 0.709. The molecule has 0 aromatic heterocycles. The Bertz CT molecular complexity index is 604. The number of hydrogen-bond donors (Lipinski definition) is 0. The van der Waals surface area contributed by atoms with Gasteiger partial charge in [-0.2, -0.15) is 5.26 Å². The quantitative estimate of drug-likeness (QED) is 0.862. The van der Waals surface area contributed by atoms with Gasteiger partial charge in [0.15, 0.2) is 0 Å². The van der Waals surface area contributed by atoms with Crippen LogP contribution in [0.4, 0.5) is 10.1 Å². The predicted molar refractivity (Wildman–Crippen MR) is 81.9 cm³/mol. The van der Waals surface area contributed by atoms with Gasteiger partial charge in [-0.15, -0.1) is 0 Å². The van der Waals surface area contributed by atoms with Gasteiger partial charge in [-0.3, -0.25) is 4.79 Å². The summed E-state index contributed by atoms with van der Waals surface area (Å²) in [6.07, 6.45) is 4.99. The summed E-state index contributed by atoms with van der Waals surface area (Å²) in [4.78, 5) is 16.0. The van der Waals surface area contributed by atoms with Crippen molar-refractivity contribution in [2.75, 3.05) is 31.1 Å². The smallest absolute Gasteiger partial charge is 0.242 e. The molecule has 0 N–H and O–H groups in total. The van der Waals surface area contributed by atoms with E-state index in [2.05, 4.69) is 0 Å². The lowest BCUT2D eigenvalue weighted by atomic mass is 10.1. The number of benzene rings is 1. The third-order valence-corrected chi connectivity index (χ3v) is 4.69. The van der Waals surface area contributed by atoms with Crippen molar-refractivity contribution in [1.29, 1.82) is 5.26 Å². The molecule has 0 unspecified atom stereocenters. The molecule has 2 aliphatic rings. The Morgan fingerprint density at radius 2 is 2.05 bits per heavy atom. The molecule has 1 heterocycles. The highest BCUT2D eigenvalue weighted by molar-refractivity contribution is 5.83. The minimum atomic E-state index is -0.434. The average Bonchev–Trinajstić information content (AvgIpc) is 3.02. The molecule has 1 saturated carbocycles. The monoisotopic (exact) mass is 301 g/mol. The lowest BCUT2D eigenvalue weighted by Gasteiger charge is -2.36. The molecule has 1 aliphatic heterocycles. The maximum absolute atomic E-state index is 14.1. The number of nitrogens with zero attached hydrogens (tertiary/aromatic N) is 3.